The van der Waals surface area contributed by atoms with E-state index in [1.165, 1.54) is 7.11 Å². The smallest absolute Gasteiger partial charge is 0.408 e. The van der Waals surface area contributed by atoms with Crippen LogP contribution >= 0.6 is 0 Å². The van der Waals surface area contributed by atoms with Gasteiger partial charge in [-0.3, -0.25) is 4.79 Å². The van der Waals surface area contributed by atoms with Crippen molar-refractivity contribution in [2.24, 2.45) is 0 Å². The molecule has 2 aromatic rings. The van der Waals surface area contributed by atoms with Crippen molar-refractivity contribution in [1.29, 1.82) is 0 Å². The van der Waals surface area contributed by atoms with Gasteiger partial charge in [0, 0.05) is 13.5 Å². The number of rotatable bonds is 9. The van der Waals surface area contributed by atoms with Gasteiger partial charge in [-0.05, 0) is 11.1 Å². The number of ether oxygens (including phenoxy) is 3. The first kappa shape index (κ1) is 25.6. The largest absolute Gasteiger partial charge is 0.445 e. The highest BCUT2D eigenvalue weighted by atomic mass is 16.7. The summed E-state index contributed by atoms with van der Waals surface area (Å²) in [6.07, 6.45) is -5.71. The van der Waals surface area contributed by atoms with Crippen molar-refractivity contribution in [2.45, 2.75) is 49.7 Å². The van der Waals surface area contributed by atoms with E-state index in [9.17, 15) is 24.9 Å². The second-order valence-electron chi connectivity index (χ2n) is 7.93. The van der Waals surface area contributed by atoms with Gasteiger partial charge >= 0.3 is 6.09 Å². The first-order chi connectivity index (χ1) is 16.4. The molecule has 0 aromatic heterocycles. The highest BCUT2D eigenvalue weighted by Gasteiger charge is 2.45. The minimum atomic E-state index is -1.41. The number of benzene rings is 2. The Balaban J connectivity index is 1.71. The predicted molar refractivity (Wildman–Crippen MR) is 120 cm³/mol. The third-order valence-corrected chi connectivity index (χ3v) is 5.53. The normalized spacial score (nSPS) is 25.2. The van der Waals surface area contributed by atoms with Gasteiger partial charge in [0.05, 0.1) is 12.6 Å². The number of aliphatic hydroxyl groups excluding tert-OH is 3. The minimum absolute atomic E-state index is 0.0252. The molecule has 1 heterocycles. The summed E-state index contributed by atoms with van der Waals surface area (Å²) in [5.41, 5.74) is 1.57. The van der Waals surface area contributed by atoms with Crippen LogP contribution in [-0.4, -0.2) is 77.7 Å². The maximum absolute atomic E-state index is 13.2. The molecule has 10 nitrogen and oxygen atoms in total. The second-order valence-corrected chi connectivity index (χ2v) is 7.93. The van der Waals surface area contributed by atoms with Gasteiger partial charge in [0.15, 0.2) is 6.29 Å². The van der Waals surface area contributed by atoms with Gasteiger partial charge in [-0.25, -0.2) is 4.79 Å². The summed E-state index contributed by atoms with van der Waals surface area (Å²) >= 11 is 0. The molecule has 2 aromatic carbocycles. The lowest BCUT2D eigenvalue weighted by Crippen LogP contribution is -2.66. The highest BCUT2D eigenvalue weighted by Crippen LogP contribution is 2.22. The third kappa shape index (κ3) is 6.75. The Hall–Kier alpha value is -3.02. The Labute approximate surface area is 197 Å². The van der Waals surface area contributed by atoms with E-state index in [1.54, 1.807) is 36.4 Å². The molecular weight excluding hydrogens is 444 g/mol. The van der Waals surface area contributed by atoms with E-state index in [0.717, 1.165) is 11.1 Å². The van der Waals surface area contributed by atoms with E-state index < -0.39 is 55.3 Å². The van der Waals surface area contributed by atoms with E-state index in [4.69, 9.17) is 14.2 Å². The number of hydrogen-bond donors (Lipinski definition) is 5. The summed E-state index contributed by atoms with van der Waals surface area (Å²) in [7, 11) is 1.29. The van der Waals surface area contributed by atoms with E-state index >= 15 is 0 Å². The molecule has 5 N–H and O–H groups in total. The number of nitrogens with one attached hydrogen (secondary N) is 2. The van der Waals surface area contributed by atoms with Crippen LogP contribution < -0.4 is 10.6 Å². The van der Waals surface area contributed by atoms with Crippen molar-refractivity contribution in [3.63, 3.8) is 0 Å². The molecule has 1 fully saturated rings. The zero-order valence-electron chi connectivity index (χ0n) is 18.7. The van der Waals surface area contributed by atoms with Crippen LogP contribution in [0.15, 0.2) is 60.7 Å². The molecular formula is C24H30N2O8. The Bertz CT molecular complexity index is 898. The number of alkyl carbamates (subject to hydrolysis) is 1. The average molecular weight is 475 g/mol. The van der Waals surface area contributed by atoms with Crippen LogP contribution in [0.25, 0.3) is 0 Å². The molecule has 2 amide bonds. The Morgan fingerprint density at radius 3 is 2.21 bits per heavy atom. The minimum Gasteiger partial charge on any atom is -0.445 e. The molecule has 0 bridgehead atoms. The van der Waals surface area contributed by atoms with Crippen molar-refractivity contribution in [2.75, 3.05) is 13.7 Å². The molecule has 1 aliphatic heterocycles. The van der Waals surface area contributed by atoms with Crippen LogP contribution in [-0.2, 0) is 32.0 Å². The fourth-order valence-electron chi connectivity index (χ4n) is 3.68. The lowest BCUT2D eigenvalue weighted by Gasteiger charge is -2.42. The van der Waals surface area contributed by atoms with Gasteiger partial charge in [-0.1, -0.05) is 60.7 Å². The van der Waals surface area contributed by atoms with Crippen molar-refractivity contribution >= 4 is 12.0 Å². The maximum Gasteiger partial charge on any atom is 0.408 e. The SMILES string of the molecule is CO[C@@H]1O[C@@H](CO)[C@@H](O)[C@@H](NC(=O)[C@@H](Cc2ccccc2)NC(=O)OCc2ccccc2)[C@H]1O. The number of carbonyl (C=O) groups excluding carboxylic acids is 2. The molecule has 1 saturated heterocycles. The molecule has 1 aliphatic rings. The molecule has 3 rings (SSSR count). The fraction of sp³-hybridized carbons (Fsp3) is 0.417. The van der Waals surface area contributed by atoms with Crippen molar-refractivity contribution in [3.05, 3.63) is 71.8 Å². The summed E-state index contributed by atoms with van der Waals surface area (Å²) in [4.78, 5) is 25.6. The maximum atomic E-state index is 13.2. The fourth-order valence-corrected chi connectivity index (χ4v) is 3.68. The van der Waals surface area contributed by atoms with Gasteiger partial charge in [0.2, 0.25) is 5.91 Å². The number of carbonyl (C=O) groups is 2. The molecule has 0 radical (unpaired) electrons. The van der Waals surface area contributed by atoms with Crippen LogP contribution in [0.3, 0.4) is 0 Å². The number of methoxy groups -OCH3 is 1. The van der Waals surface area contributed by atoms with Crippen molar-refractivity contribution < 1.29 is 39.1 Å². The number of aliphatic hydroxyl groups is 3. The van der Waals surface area contributed by atoms with Gasteiger partial charge in [0.25, 0.3) is 0 Å². The van der Waals surface area contributed by atoms with E-state index in [2.05, 4.69) is 10.6 Å². The molecule has 0 unspecified atom stereocenters. The molecule has 0 spiro atoms. The van der Waals surface area contributed by atoms with Gasteiger partial charge in [-0.2, -0.15) is 0 Å². The quantitative estimate of drug-likeness (QED) is 0.344. The molecule has 34 heavy (non-hydrogen) atoms. The summed E-state index contributed by atoms with van der Waals surface area (Å²) < 4.78 is 15.6. The summed E-state index contributed by atoms with van der Waals surface area (Å²) in [6, 6.07) is 15.9. The van der Waals surface area contributed by atoms with Crippen LogP contribution in [0.4, 0.5) is 4.79 Å². The zero-order valence-corrected chi connectivity index (χ0v) is 18.7. The average Bonchev–Trinajstić information content (AvgIpc) is 2.86. The first-order valence-corrected chi connectivity index (χ1v) is 10.9. The summed E-state index contributed by atoms with van der Waals surface area (Å²) in [6.45, 7) is -0.519. The lowest BCUT2D eigenvalue weighted by molar-refractivity contribution is -0.271. The molecule has 184 valence electrons. The number of hydrogen-bond acceptors (Lipinski definition) is 8. The Kier molecular flexibility index (Phi) is 9.37. The monoisotopic (exact) mass is 474 g/mol. The molecule has 0 aliphatic carbocycles. The van der Waals surface area contributed by atoms with Crippen molar-refractivity contribution in [1.82, 2.24) is 10.6 Å². The summed E-state index contributed by atoms with van der Waals surface area (Å²) in [5, 5.41) is 35.6. The van der Waals surface area contributed by atoms with Crippen molar-refractivity contribution in [3.8, 4) is 0 Å². The molecule has 0 saturated carbocycles. The first-order valence-electron chi connectivity index (χ1n) is 10.9. The lowest BCUT2D eigenvalue weighted by atomic mass is 9.95. The van der Waals surface area contributed by atoms with Crippen LogP contribution in [0.5, 0.6) is 0 Å². The van der Waals surface area contributed by atoms with E-state index in [-0.39, 0.29) is 13.0 Å². The van der Waals surface area contributed by atoms with E-state index in [0.29, 0.717) is 0 Å². The zero-order chi connectivity index (χ0) is 24.5. The van der Waals surface area contributed by atoms with Crippen LogP contribution in [0.1, 0.15) is 11.1 Å². The Morgan fingerprint density at radius 2 is 1.62 bits per heavy atom. The highest BCUT2D eigenvalue weighted by molar-refractivity contribution is 5.86. The van der Waals surface area contributed by atoms with Gasteiger partial charge in [-0.15, -0.1) is 0 Å². The molecule has 6 atom stereocenters. The topological polar surface area (TPSA) is 147 Å². The van der Waals surface area contributed by atoms with Gasteiger partial charge < -0.3 is 40.2 Å². The standard InChI is InChI=1S/C24H30N2O8/c1-32-23-21(29)19(20(28)18(13-27)34-23)26-22(30)17(12-15-8-4-2-5-9-15)25-24(31)33-14-16-10-6-3-7-11-16/h2-11,17-21,23,27-29H,12-14H2,1H3,(H,25,31)(H,26,30)/t17-,18+,19-,20-,21-,23-/m1/s1. The van der Waals surface area contributed by atoms with Gasteiger partial charge in [0.1, 0.15) is 31.0 Å². The predicted octanol–water partition coefficient (Wildman–Crippen LogP) is 0.0943. The molecule has 10 heteroatoms. The number of amides is 2. The summed E-state index contributed by atoms with van der Waals surface area (Å²) in [5.74, 6) is -0.656. The Morgan fingerprint density at radius 1 is 1.00 bits per heavy atom. The second kappa shape index (κ2) is 12.4. The van der Waals surface area contributed by atoms with Crippen LogP contribution in [0.2, 0.25) is 0 Å². The van der Waals surface area contributed by atoms with Crippen LogP contribution in [0, 0.1) is 0 Å². The third-order valence-electron chi connectivity index (χ3n) is 5.53. The van der Waals surface area contributed by atoms with E-state index in [1.807, 2.05) is 24.3 Å².